The molecule has 0 fully saturated rings. The first kappa shape index (κ1) is 12.2. The molecule has 1 aromatic carbocycles. The van der Waals surface area contributed by atoms with Gasteiger partial charge in [-0.2, -0.15) is 0 Å². The molecule has 94 valence electrons. The van der Waals surface area contributed by atoms with Gasteiger partial charge in [0.2, 0.25) is 0 Å². The molecule has 0 amide bonds. The third-order valence-corrected chi connectivity index (χ3v) is 2.86. The van der Waals surface area contributed by atoms with E-state index in [2.05, 4.69) is 5.32 Å². The van der Waals surface area contributed by atoms with Crippen LogP contribution in [0.2, 0.25) is 0 Å². The molecule has 0 bridgehead atoms. The van der Waals surface area contributed by atoms with E-state index in [1.807, 2.05) is 18.2 Å². The fourth-order valence-corrected chi connectivity index (χ4v) is 1.97. The Bertz CT molecular complexity index is 384. The molecule has 0 saturated carbocycles. The van der Waals surface area contributed by atoms with Gasteiger partial charge in [-0.15, -0.1) is 0 Å². The van der Waals surface area contributed by atoms with Crippen molar-refractivity contribution in [2.75, 3.05) is 26.8 Å². The average molecular weight is 238 g/mol. The molecule has 5 heteroatoms. The molecule has 0 aromatic heterocycles. The normalized spacial score (nSPS) is 17.6. The Hall–Kier alpha value is -1.30. The van der Waals surface area contributed by atoms with Gasteiger partial charge in [-0.3, -0.25) is 0 Å². The Kier molecular flexibility index (Phi) is 3.83. The molecule has 1 heterocycles. The van der Waals surface area contributed by atoms with E-state index in [-0.39, 0.29) is 12.6 Å². The number of hydrogen-bond acceptors (Lipinski definition) is 5. The Morgan fingerprint density at radius 3 is 2.71 bits per heavy atom. The van der Waals surface area contributed by atoms with Crippen molar-refractivity contribution >= 4 is 0 Å². The summed E-state index contributed by atoms with van der Waals surface area (Å²) >= 11 is 0. The zero-order valence-electron chi connectivity index (χ0n) is 9.85. The summed E-state index contributed by atoms with van der Waals surface area (Å²) in [5.74, 6) is 1.47. The summed E-state index contributed by atoms with van der Waals surface area (Å²) in [5.41, 5.74) is 6.42. The van der Waals surface area contributed by atoms with Crippen LogP contribution < -0.4 is 20.5 Å². The van der Waals surface area contributed by atoms with Gasteiger partial charge >= 0.3 is 0 Å². The predicted octanol–water partition coefficient (Wildman–Crippen LogP) is 0.0379. The lowest BCUT2D eigenvalue weighted by Gasteiger charge is -2.24. The minimum absolute atomic E-state index is 0.198. The lowest BCUT2D eigenvalue weighted by Crippen LogP contribution is -2.35. The molecule has 17 heavy (non-hydrogen) atoms. The predicted molar refractivity (Wildman–Crippen MR) is 64.3 cm³/mol. The molecule has 1 aliphatic heterocycles. The Balaban J connectivity index is 2.25. The molecule has 2 rings (SSSR count). The summed E-state index contributed by atoms with van der Waals surface area (Å²) in [6, 6.07) is 5.45. The van der Waals surface area contributed by atoms with Gasteiger partial charge in [0.05, 0.1) is 12.1 Å². The maximum Gasteiger partial charge on any atom is 0.161 e. The van der Waals surface area contributed by atoms with E-state index in [1.165, 1.54) is 0 Å². The lowest BCUT2D eigenvalue weighted by molar-refractivity contribution is 0.138. The molecule has 4 N–H and O–H groups in total. The fourth-order valence-electron chi connectivity index (χ4n) is 1.97. The second-order valence-electron chi connectivity index (χ2n) is 3.97. The van der Waals surface area contributed by atoms with Gasteiger partial charge in [-0.05, 0) is 24.7 Å². The number of aliphatic hydroxyl groups is 1. The van der Waals surface area contributed by atoms with E-state index in [4.69, 9.17) is 15.2 Å². The van der Waals surface area contributed by atoms with E-state index in [1.54, 1.807) is 7.05 Å². The van der Waals surface area contributed by atoms with Crippen LogP contribution in [0, 0.1) is 0 Å². The zero-order valence-corrected chi connectivity index (χ0v) is 9.85. The van der Waals surface area contributed by atoms with Crippen LogP contribution in [0.1, 0.15) is 11.6 Å². The van der Waals surface area contributed by atoms with Crippen molar-refractivity contribution in [1.82, 2.24) is 5.32 Å². The van der Waals surface area contributed by atoms with Crippen LogP contribution in [0.4, 0.5) is 0 Å². The molecule has 0 radical (unpaired) electrons. The van der Waals surface area contributed by atoms with Crippen molar-refractivity contribution in [1.29, 1.82) is 0 Å². The first-order chi connectivity index (χ1) is 8.26. The highest BCUT2D eigenvalue weighted by atomic mass is 16.6. The first-order valence-electron chi connectivity index (χ1n) is 5.71. The third kappa shape index (κ3) is 2.52. The topological polar surface area (TPSA) is 76.7 Å². The number of benzene rings is 1. The highest BCUT2D eigenvalue weighted by Gasteiger charge is 2.20. The average Bonchev–Trinajstić information content (AvgIpc) is 2.39. The second kappa shape index (κ2) is 5.35. The monoisotopic (exact) mass is 238 g/mol. The highest BCUT2D eigenvalue weighted by molar-refractivity contribution is 5.44. The lowest BCUT2D eigenvalue weighted by atomic mass is 10.0. The van der Waals surface area contributed by atoms with E-state index < -0.39 is 6.10 Å². The number of aliphatic hydroxyl groups excluding tert-OH is 1. The van der Waals surface area contributed by atoms with Crippen LogP contribution >= 0.6 is 0 Å². The number of nitrogens with one attached hydrogen (secondary N) is 1. The van der Waals surface area contributed by atoms with Gasteiger partial charge in [0.1, 0.15) is 13.2 Å². The van der Waals surface area contributed by atoms with Gasteiger partial charge in [0.15, 0.2) is 11.5 Å². The van der Waals surface area contributed by atoms with Crippen molar-refractivity contribution in [2.45, 2.75) is 12.1 Å². The van der Waals surface area contributed by atoms with E-state index >= 15 is 0 Å². The fraction of sp³-hybridized carbons (Fsp3) is 0.500. The largest absolute Gasteiger partial charge is 0.486 e. The first-order valence-corrected chi connectivity index (χ1v) is 5.71. The maximum absolute atomic E-state index is 9.82. The van der Waals surface area contributed by atoms with Crippen LogP contribution in [0.5, 0.6) is 11.5 Å². The van der Waals surface area contributed by atoms with Crippen molar-refractivity contribution in [2.24, 2.45) is 5.73 Å². The Labute approximate surface area is 101 Å². The quantitative estimate of drug-likeness (QED) is 0.690. The minimum Gasteiger partial charge on any atom is -0.486 e. The van der Waals surface area contributed by atoms with Gasteiger partial charge in [0, 0.05) is 6.54 Å². The molecule has 1 aromatic rings. The molecule has 2 unspecified atom stereocenters. The van der Waals surface area contributed by atoms with Gasteiger partial charge < -0.3 is 25.6 Å². The van der Waals surface area contributed by atoms with Crippen molar-refractivity contribution in [3.63, 3.8) is 0 Å². The van der Waals surface area contributed by atoms with Gasteiger partial charge in [-0.1, -0.05) is 6.07 Å². The van der Waals surface area contributed by atoms with Crippen LogP contribution in [0.15, 0.2) is 18.2 Å². The van der Waals surface area contributed by atoms with Crippen LogP contribution in [0.3, 0.4) is 0 Å². The van der Waals surface area contributed by atoms with E-state index in [0.29, 0.717) is 13.2 Å². The summed E-state index contributed by atoms with van der Waals surface area (Å²) in [4.78, 5) is 0. The van der Waals surface area contributed by atoms with Gasteiger partial charge in [0.25, 0.3) is 0 Å². The smallest absolute Gasteiger partial charge is 0.161 e. The van der Waals surface area contributed by atoms with Gasteiger partial charge in [-0.25, -0.2) is 0 Å². The molecule has 0 spiro atoms. The Morgan fingerprint density at radius 1 is 1.35 bits per heavy atom. The number of nitrogens with two attached hydrogens (primary N) is 1. The molecule has 0 saturated heterocycles. The number of likely N-dealkylation sites (N-methyl/N-ethyl adjacent to an activating group) is 1. The van der Waals surface area contributed by atoms with E-state index in [0.717, 1.165) is 17.1 Å². The van der Waals surface area contributed by atoms with Crippen LogP contribution in [-0.4, -0.2) is 38.0 Å². The molecular formula is C12H18N2O3. The van der Waals surface area contributed by atoms with Crippen molar-refractivity contribution in [3.8, 4) is 11.5 Å². The SMILES string of the molecule is CNC(c1ccc2c(c1)OCCO2)C(O)CN. The van der Waals surface area contributed by atoms with Crippen LogP contribution in [-0.2, 0) is 0 Å². The summed E-state index contributed by atoms with van der Waals surface area (Å²) in [5, 5.41) is 12.9. The number of hydrogen-bond donors (Lipinski definition) is 3. The Morgan fingerprint density at radius 2 is 2.06 bits per heavy atom. The van der Waals surface area contributed by atoms with Crippen LogP contribution in [0.25, 0.3) is 0 Å². The maximum atomic E-state index is 9.82. The molecular weight excluding hydrogens is 220 g/mol. The number of rotatable bonds is 4. The standard InChI is InChI=1S/C12H18N2O3/c1-14-12(9(15)7-13)8-2-3-10-11(6-8)17-5-4-16-10/h2-3,6,9,12,14-15H,4-5,7,13H2,1H3. The number of ether oxygens (including phenoxy) is 2. The summed E-state index contributed by atoms with van der Waals surface area (Å²) in [7, 11) is 1.79. The van der Waals surface area contributed by atoms with Crippen molar-refractivity contribution < 1.29 is 14.6 Å². The van der Waals surface area contributed by atoms with E-state index in [9.17, 15) is 5.11 Å². The zero-order chi connectivity index (χ0) is 12.3. The second-order valence-corrected chi connectivity index (χ2v) is 3.97. The molecule has 1 aliphatic rings. The number of fused-ring (bicyclic) bond motifs is 1. The van der Waals surface area contributed by atoms with Crippen molar-refractivity contribution in [3.05, 3.63) is 23.8 Å². The molecule has 5 nitrogen and oxygen atoms in total. The minimum atomic E-state index is -0.623. The molecule has 2 atom stereocenters. The summed E-state index contributed by atoms with van der Waals surface area (Å²) < 4.78 is 11.0. The summed E-state index contributed by atoms with van der Waals surface area (Å²) in [6.45, 7) is 1.34. The third-order valence-electron chi connectivity index (χ3n) is 2.86. The molecule has 0 aliphatic carbocycles. The highest BCUT2D eigenvalue weighted by Crippen LogP contribution is 2.33. The summed E-state index contributed by atoms with van der Waals surface area (Å²) in [6.07, 6.45) is -0.623.